The highest BCUT2D eigenvalue weighted by Gasteiger charge is 2.18. The molecule has 0 saturated carbocycles. The molecule has 0 saturated heterocycles. The second-order valence-electron chi connectivity index (χ2n) is 4.85. The third-order valence-electron chi connectivity index (χ3n) is 3.57. The molecule has 1 aromatic heterocycles. The molecule has 19 heavy (non-hydrogen) atoms. The first kappa shape index (κ1) is 12.7. The molecule has 0 nitrogen and oxygen atoms in total. The predicted molar refractivity (Wildman–Crippen MR) is 85.4 cm³/mol. The van der Waals surface area contributed by atoms with Gasteiger partial charge in [-0.15, -0.1) is 22.9 Å². The van der Waals surface area contributed by atoms with Crippen LogP contribution in [-0.2, 0) is 0 Å². The van der Waals surface area contributed by atoms with E-state index in [1.807, 2.05) is 0 Å². The van der Waals surface area contributed by atoms with Gasteiger partial charge in [-0.3, -0.25) is 0 Å². The van der Waals surface area contributed by atoms with E-state index in [1.165, 1.54) is 32.3 Å². The number of rotatable bonds is 2. The smallest absolute Gasteiger partial charge is 0.0938 e. The van der Waals surface area contributed by atoms with Gasteiger partial charge in [-0.1, -0.05) is 36.4 Å². The highest BCUT2D eigenvalue weighted by molar-refractivity contribution is 7.10. The van der Waals surface area contributed by atoms with Gasteiger partial charge in [-0.05, 0) is 52.8 Å². The average molecular weight is 287 g/mol. The molecule has 2 aromatic carbocycles. The van der Waals surface area contributed by atoms with Crippen LogP contribution < -0.4 is 0 Å². The summed E-state index contributed by atoms with van der Waals surface area (Å²) in [5, 5.41) is 4.56. The summed E-state index contributed by atoms with van der Waals surface area (Å²) in [6.07, 6.45) is 0. The zero-order valence-electron chi connectivity index (χ0n) is 11.0. The maximum atomic E-state index is 6.77. The Labute approximate surface area is 122 Å². The monoisotopic (exact) mass is 286 g/mol. The molecule has 0 aliphatic heterocycles. The molecular weight excluding hydrogens is 272 g/mol. The molecule has 0 N–H and O–H groups in total. The van der Waals surface area contributed by atoms with E-state index in [2.05, 4.69) is 61.7 Å². The van der Waals surface area contributed by atoms with Crippen molar-refractivity contribution >= 4 is 33.7 Å². The Morgan fingerprint density at radius 2 is 1.74 bits per heavy atom. The molecule has 1 atom stereocenters. The number of hydrogen-bond donors (Lipinski definition) is 0. The maximum absolute atomic E-state index is 6.77. The molecule has 0 bridgehead atoms. The van der Waals surface area contributed by atoms with Crippen molar-refractivity contribution in [3.05, 3.63) is 69.4 Å². The fraction of sp³-hybridized carbons (Fsp3) is 0.176. The lowest BCUT2D eigenvalue weighted by atomic mass is 9.96. The molecule has 0 fully saturated rings. The van der Waals surface area contributed by atoms with Crippen LogP contribution in [0.3, 0.4) is 0 Å². The second kappa shape index (κ2) is 4.99. The Bertz CT molecular complexity index is 727. The summed E-state index contributed by atoms with van der Waals surface area (Å²) in [4.78, 5) is 1.25. The maximum Gasteiger partial charge on any atom is 0.0938 e. The van der Waals surface area contributed by atoms with Gasteiger partial charge in [-0.2, -0.15) is 0 Å². The summed E-state index contributed by atoms with van der Waals surface area (Å²) >= 11 is 8.51. The lowest BCUT2D eigenvalue weighted by molar-refractivity contribution is 1.15. The highest BCUT2D eigenvalue weighted by Crippen LogP contribution is 2.39. The van der Waals surface area contributed by atoms with Crippen LogP contribution in [0.25, 0.3) is 10.8 Å². The third-order valence-corrected chi connectivity index (χ3v) is 5.22. The summed E-state index contributed by atoms with van der Waals surface area (Å²) in [6, 6.07) is 14.9. The summed E-state index contributed by atoms with van der Waals surface area (Å²) in [7, 11) is 0. The Kier molecular flexibility index (Phi) is 3.34. The average Bonchev–Trinajstić information content (AvgIpc) is 2.84. The molecule has 0 aliphatic carbocycles. The van der Waals surface area contributed by atoms with E-state index < -0.39 is 0 Å². The first-order valence-electron chi connectivity index (χ1n) is 6.35. The zero-order chi connectivity index (χ0) is 13.4. The fourth-order valence-electron chi connectivity index (χ4n) is 2.52. The van der Waals surface area contributed by atoms with Crippen molar-refractivity contribution in [3.63, 3.8) is 0 Å². The molecule has 96 valence electrons. The molecular formula is C17H15ClS. The van der Waals surface area contributed by atoms with Gasteiger partial charge < -0.3 is 0 Å². The van der Waals surface area contributed by atoms with E-state index in [1.54, 1.807) is 11.3 Å². The van der Waals surface area contributed by atoms with E-state index in [9.17, 15) is 0 Å². The van der Waals surface area contributed by atoms with Gasteiger partial charge in [0.05, 0.1) is 5.38 Å². The second-order valence-corrected chi connectivity index (χ2v) is 6.23. The molecule has 0 aliphatic rings. The quantitative estimate of drug-likeness (QED) is 0.519. The standard InChI is InChI=1S/C17H15ClS/c1-11-7-8-13-5-3-4-6-14(13)15(11)16(18)17-12(2)9-10-19-17/h3-10,16H,1-2H3. The molecule has 1 unspecified atom stereocenters. The van der Waals surface area contributed by atoms with Gasteiger partial charge in [0.2, 0.25) is 0 Å². The summed E-state index contributed by atoms with van der Waals surface area (Å²) in [5.74, 6) is 0. The van der Waals surface area contributed by atoms with Crippen LogP contribution in [0.15, 0.2) is 47.8 Å². The number of fused-ring (bicyclic) bond motifs is 1. The van der Waals surface area contributed by atoms with Gasteiger partial charge in [0.15, 0.2) is 0 Å². The van der Waals surface area contributed by atoms with Crippen molar-refractivity contribution in [2.45, 2.75) is 19.2 Å². The van der Waals surface area contributed by atoms with E-state index in [-0.39, 0.29) is 5.38 Å². The van der Waals surface area contributed by atoms with Crippen molar-refractivity contribution in [1.82, 2.24) is 0 Å². The van der Waals surface area contributed by atoms with Crippen LogP contribution in [0.2, 0.25) is 0 Å². The van der Waals surface area contributed by atoms with Gasteiger partial charge in [0.25, 0.3) is 0 Å². The minimum atomic E-state index is -0.0638. The number of benzene rings is 2. The Morgan fingerprint density at radius 3 is 2.47 bits per heavy atom. The van der Waals surface area contributed by atoms with Crippen LogP contribution in [0.4, 0.5) is 0 Å². The van der Waals surface area contributed by atoms with Crippen LogP contribution in [0, 0.1) is 13.8 Å². The van der Waals surface area contributed by atoms with Gasteiger partial charge in [-0.25, -0.2) is 0 Å². The third kappa shape index (κ3) is 2.18. The van der Waals surface area contributed by atoms with Gasteiger partial charge >= 0.3 is 0 Å². The molecule has 1 heterocycles. The SMILES string of the molecule is Cc1ccsc1C(Cl)c1c(C)ccc2ccccc12. The van der Waals surface area contributed by atoms with Crippen LogP contribution in [0.1, 0.15) is 26.9 Å². The Morgan fingerprint density at radius 1 is 0.947 bits per heavy atom. The van der Waals surface area contributed by atoms with Crippen molar-refractivity contribution in [3.8, 4) is 0 Å². The summed E-state index contributed by atoms with van der Waals surface area (Å²) < 4.78 is 0. The largest absolute Gasteiger partial charge is 0.147 e. The molecule has 3 rings (SSSR count). The minimum Gasteiger partial charge on any atom is -0.147 e. The van der Waals surface area contributed by atoms with E-state index in [0.29, 0.717) is 0 Å². The molecule has 3 aromatic rings. The molecule has 0 spiro atoms. The number of hydrogen-bond acceptors (Lipinski definition) is 1. The highest BCUT2D eigenvalue weighted by atomic mass is 35.5. The zero-order valence-corrected chi connectivity index (χ0v) is 12.6. The number of alkyl halides is 1. The number of thiophene rings is 1. The molecule has 0 radical (unpaired) electrons. The Hall–Kier alpha value is -1.31. The van der Waals surface area contributed by atoms with Gasteiger partial charge in [0.1, 0.15) is 0 Å². The lowest BCUT2D eigenvalue weighted by Crippen LogP contribution is -1.97. The van der Waals surface area contributed by atoms with Gasteiger partial charge in [0, 0.05) is 4.88 Å². The topological polar surface area (TPSA) is 0 Å². The lowest BCUT2D eigenvalue weighted by Gasteiger charge is -2.16. The van der Waals surface area contributed by atoms with Crippen molar-refractivity contribution in [1.29, 1.82) is 0 Å². The molecule has 2 heteroatoms. The summed E-state index contributed by atoms with van der Waals surface area (Å²) in [6.45, 7) is 4.27. The van der Waals surface area contributed by atoms with Crippen LogP contribution in [-0.4, -0.2) is 0 Å². The predicted octanol–water partition coefficient (Wildman–Crippen LogP) is 5.85. The van der Waals surface area contributed by atoms with E-state index >= 15 is 0 Å². The first-order valence-corrected chi connectivity index (χ1v) is 7.66. The van der Waals surface area contributed by atoms with Crippen molar-refractivity contribution in [2.75, 3.05) is 0 Å². The fourth-order valence-corrected chi connectivity index (χ4v) is 4.04. The normalized spacial score (nSPS) is 12.8. The van der Waals surface area contributed by atoms with Crippen molar-refractivity contribution in [2.24, 2.45) is 0 Å². The van der Waals surface area contributed by atoms with Crippen molar-refractivity contribution < 1.29 is 0 Å². The summed E-state index contributed by atoms with van der Waals surface area (Å²) in [5.41, 5.74) is 3.77. The van der Waals surface area contributed by atoms with Crippen LogP contribution >= 0.6 is 22.9 Å². The van der Waals surface area contributed by atoms with E-state index in [4.69, 9.17) is 11.6 Å². The Balaban J connectivity index is 2.24. The number of halogens is 1. The minimum absolute atomic E-state index is 0.0638. The number of aryl methyl sites for hydroxylation is 2. The molecule has 0 amide bonds. The van der Waals surface area contributed by atoms with Crippen LogP contribution in [0.5, 0.6) is 0 Å². The van der Waals surface area contributed by atoms with E-state index in [0.717, 1.165) is 0 Å². The first-order chi connectivity index (χ1) is 9.18.